The number of aromatic nitrogens is 4. The second-order valence-corrected chi connectivity index (χ2v) is 8.54. The van der Waals surface area contributed by atoms with Gasteiger partial charge < -0.3 is 16.4 Å². The monoisotopic (exact) mass is 419 g/mol. The van der Waals surface area contributed by atoms with Gasteiger partial charge in [0.25, 0.3) is 0 Å². The Morgan fingerprint density at radius 1 is 1.13 bits per heavy atom. The molecular formula is C22H25N7S. The summed E-state index contributed by atoms with van der Waals surface area (Å²) in [5.74, 6) is 1.66. The number of hydrogen-bond donors (Lipinski definition) is 3. The van der Waals surface area contributed by atoms with Crippen LogP contribution in [-0.2, 0) is 6.54 Å². The first-order valence-corrected chi connectivity index (χ1v) is 11.3. The van der Waals surface area contributed by atoms with E-state index in [1.165, 1.54) is 5.56 Å². The van der Waals surface area contributed by atoms with Gasteiger partial charge in [-0.25, -0.2) is 15.0 Å². The van der Waals surface area contributed by atoms with E-state index in [-0.39, 0.29) is 0 Å². The summed E-state index contributed by atoms with van der Waals surface area (Å²) in [5.41, 5.74) is 9.93. The fourth-order valence-electron chi connectivity index (χ4n) is 3.93. The lowest BCUT2D eigenvalue weighted by atomic mass is 9.92. The predicted molar refractivity (Wildman–Crippen MR) is 122 cm³/mol. The molecule has 0 spiro atoms. The van der Waals surface area contributed by atoms with Crippen LogP contribution in [0.15, 0.2) is 53.6 Å². The SMILES string of the molecule is N[C@H]1CC[C@H](Nc2nccn3c(-c4cccc(NCc5ccsc5)n4)cnc23)CC1. The lowest BCUT2D eigenvalue weighted by Crippen LogP contribution is -2.33. The summed E-state index contributed by atoms with van der Waals surface area (Å²) in [6.07, 6.45) is 9.85. The largest absolute Gasteiger partial charge is 0.366 e. The Balaban J connectivity index is 1.38. The molecule has 0 radical (unpaired) electrons. The van der Waals surface area contributed by atoms with Crippen molar-refractivity contribution in [3.05, 3.63) is 59.2 Å². The summed E-state index contributed by atoms with van der Waals surface area (Å²) in [4.78, 5) is 14.0. The highest BCUT2D eigenvalue weighted by molar-refractivity contribution is 7.07. The van der Waals surface area contributed by atoms with Crippen molar-refractivity contribution in [2.75, 3.05) is 10.6 Å². The number of nitrogens with two attached hydrogens (primary N) is 1. The number of imidazole rings is 1. The molecule has 0 atom stereocenters. The molecule has 1 aliphatic carbocycles. The van der Waals surface area contributed by atoms with Crippen LogP contribution in [0.3, 0.4) is 0 Å². The molecule has 4 aromatic rings. The molecule has 1 fully saturated rings. The Hall–Kier alpha value is -2.97. The van der Waals surface area contributed by atoms with E-state index in [1.807, 2.05) is 36.8 Å². The van der Waals surface area contributed by atoms with Crippen molar-refractivity contribution in [2.45, 2.75) is 44.3 Å². The van der Waals surface area contributed by atoms with Crippen molar-refractivity contribution in [1.29, 1.82) is 0 Å². The molecule has 0 aliphatic heterocycles. The molecule has 5 rings (SSSR count). The molecule has 0 aromatic carbocycles. The van der Waals surface area contributed by atoms with Crippen LogP contribution in [0.25, 0.3) is 17.0 Å². The third kappa shape index (κ3) is 4.01. The van der Waals surface area contributed by atoms with Crippen molar-refractivity contribution >= 4 is 28.6 Å². The standard InChI is InChI=1S/C22H25N7S/c23-16-4-6-17(7-5-16)27-21-22-26-13-19(29(22)10-9-24-21)18-2-1-3-20(28-18)25-12-15-8-11-30-14-15/h1-3,8-11,13-14,16-17H,4-7,12,23H2,(H,24,27)(H,25,28)/t16-,17-. The molecule has 0 unspecified atom stereocenters. The lowest BCUT2D eigenvalue weighted by molar-refractivity contribution is 0.410. The smallest absolute Gasteiger partial charge is 0.180 e. The van der Waals surface area contributed by atoms with Gasteiger partial charge in [0.1, 0.15) is 5.82 Å². The molecule has 4 heterocycles. The minimum absolute atomic E-state index is 0.330. The third-order valence-electron chi connectivity index (χ3n) is 5.61. The topological polar surface area (TPSA) is 93.2 Å². The average Bonchev–Trinajstić information content (AvgIpc) is 3.44. The van der Waals surface area contributed by atoms with E-state index in [9.17, 15) is 0 Å². The van der Waals surface area contributed by atoms with Gasteiger partial charge in [0.05, 0.1) is 17.6 Å². The highest BCUT2D eigenvalue weighted by Crippen LogP contribution is 2.26. The van der Waals surface area contributed by atoms with Gasteiger partial charge in [-0.05, 0) is 60.2 Å². The van der Waals surface area contributed by atoms with Gasteiger partial charge >= 0.3 is 0 Å². The lowest BCUT2D eigenvalue weighted by Gasteiger charge is -2.27. The van der Waals surface area contributed by atoms with E-state index in [1.54, 1.807) is 11.3 Å². The van der Waals surface area contributed by atoms with Crippen molar-refractivity contribution in [3.63, 3.8) is 0 Å². The Labute approximate surface area is 179 Å². The molecule has 0 bridgehead atoms. The Kier molecular flexibility index (Phi) is 5.33. The summed E-state index contributed by atoms with van der Waals surface area (Å²) < 4.78 is 2.05. The maximum Gasteiger partial charge on any atom is 0.180 e. The number of rotatable bonds is 6. The van der Waals surface area contributed by atoms with Crippen molar-refractivity contribution < 1.29 is 0 Å². The van der Waals surface area contributed by atoms with Crippen molar-refractivity contribution in [1.82, 2.24) is 19.4 Å². The van der Waals surface area contributed by atoms with Gasteiger partial charge in [0, 0.05) is 31.0 Å². The van der Waals surface area contributed by atoms with Crippen LogP contribution in [0.2, 0.25) is 0 Å². The molecule has 0 saturated heterocycles. The average molecular weight is 420 g/mol. The normalized spacial score (nSPS) is 19.1. The zero-order chi connectivity index (χ0) is 20.3. The number of pyridine rings is 1. The maximum absolute atomic E-state index is 6.04. The number of fused-ring (bicyclic) bond motifs is 1. The summed E-state index contributed by atoms with van der Waals surface area (Å²) >= 11 is 1.70. The van der Waals surface area contributed by atoms with Crippen LogP contribution in [0.5, 0.6) is 0 Å². The van der Waals surface area contributed by atoms with Gasteiger partial charge in [-0.15, -0.1) is 0 Å². The van der Waals surface area contributed by atoms with Gasteiger partial charge in [-0.1, -0.05) is 6.07 Å². The first-order valence-electron chi connectivity index (χ1n) is 10.3. The van der Waals surface area contributed by atoms with Crippen LogP contribution < -0.4 is 16.4 Å². The van der Waals surface area contributed by atoms with E-state index in [0.29, 0.717) is 12.1 Å². The van der Waals surface area contributed by atoms with Crippen LogP contribution in [0.1, 0.15) is 31.2 Å². The maximum atomic E-state index is 6.04. The Morgan fingerprint density at radius 2 is 2.03 bits per heavy atom. The molecule has 7 nitrogen and oxygen atoms in total. The Bertz CT molecular complexity index is 1110. The van der Waals surface area contributed by atoms with E-state index < -0.39 is 0 Å². The number of nitrogens with zero attached hydrogens (tertiary/aromatic N) is 4. The van der Waals surface area contributed by atoms with Crippen LogP contribution >= 0.6 is 11.3 Å². The highest BCUT2D eigenvalue weighted by Gasteiger charge is 2.20. The number of anilines is 2. The minimum atomic E-state index is 0.330. The van der Waals surface area contributed by atoms with Gasteiger partial charge in [0.15, 0.2) is 11.5 Å². The summed E-state index contributed by atoms with van der Waals surface area (Å²) in [6, 6.07) is 8.86. The van der Waals surface area contributed by atoms with E-state index in [0.717, 1.165) is 60.9 Å². The second-order valence-electron chi connectivity index (χ2n) is 7.76. The first-order chi connectivity index (χ1) is 14.8. The minimum Gasteiger partial charge on any atom is -0.366 e. The van der Waals surface area contributed by atoms with Crippen LogP contribution in [-0.4, -0.2) is 31.4 Å². The van der Waals surface area contributed by atoms with Crippen molar-refractivity contribution in [3.8, 4) is 11.4 Å². The summed E-state index contributed by atoms with van der Waals surface area (Å²) in [7, 11) is 0. The van der Waals surface area contributed by atoms with Crippen LogP contribution in [0, 0.1) is 0 Å². The fourth-order valence-corrected chi connectivity index (χ4v) is 4.60. The number of thiophene rings is 1. The summed E-state index contributed by atoms with van der Waals surface area (Å²) in [6.45, 7) is 0.760. The van der Waals surface area contributed by atoms with E-state index in [4.69, 9.17) is 10.7 Å². The van der Waals surface area contributed by atoms with Gasteiger partial charge in [-0.3, -0.25) is 4.40 Å². The molecule has 30 heavy (non-hydrogen) atoms. The Morgan fingerprint density at radius 3 is 2.87 bits per heavy atom. The zero-order valence-electron chi connectivity index (χ0n) is 16.7. The van der Waals surface area contributed by atoms with Crippen molar-refractivity contribution in [2.24, 2.45) is 5.73 Å². The molecule has 154 valence electrons. The molecule has 1 aliphatic rings. The highest BCUT2D eigenvalue weighted by atomic mass is 32.1. The second kappa shape index (κ2) is 8.41. The van der Waals surface area contributed by atoms with Crippen LogP contribution in [0.4, 0.5) is 11.6 Å². The molecule has 8 heteroatoms. The van der Waals surface area contributed by atoms with Gasteiger partial charge in [-0.2, -0.15) is 11.3 Å². The van der Waals surface area contributed by atoms with E-state index >= 15 is 0 Å². The molecule has 0 amide bonds. The fraction of sp³-hybridized carbons (Fsp3) is 0.318. The zero-order valence-corrected chi connectivity index (χ0v) is 17.5. The summed E-state index contributed by atoms with van der Waals surface area (Å²) in [5, 5.41) is 11.2. The quantitative estimate of drug-likeness (QED) is 0.435. The predicted octanol–water partition coefficient (Wildman–Crippen LogP) is 4.15. The number of nitrogens with one attached hydrogen (secondary N) is 2. The molecule has 1 saturated carbocycles. The van der Waals surface area contributed by atoms with Gasteiger partial charge in [0.2, 0.25) is 0 Å². The molecule has 4 N–H and O–H groups in total. The molecule has 4 aromatic heterocycles. The first kappa shape index (κ1) is 19.0. The molecular weight excluding hydrogens is 394 g/mol. The number of hydrogen-bond acceptors (Lipinski definition) is 7. The van der Waals surface area contributed by atoms with E-state index in [2.05, 4.69) is 41.8 Å². The third-order valence-corrected chi connectivity index (χ3v) is 6.34.